The number of aromatic nitrogens is 1. The summed E-state index contributed by atoms with van der Waals surface area (Å²) in [7, 11) is -4.34. The summed E-state index contributed by atoms with van der Waals surface area (Å²) in [6.45, 7) is -0.785. The smallest absolute Gasteiger partial charge is 0.271 e. The van der Waals surface area contributed by atoms with E-state index >= 15 is 0 Å². The number of nitrogens with zero attached hydrogens (tertiary/aromatic N) is 3. The summed E-state index contributed by atoms with van der Waals surface area (Å²) in [5, 5.41) is 3.75. The highest BCUT2D eigenvalue weighted by Gasteiger charge is 2.33. The summed E-state index contributed by atoms with van der Waals surface area (Å²) in [6, 6.07) is 14.1. The van der Waals surface area contributed by atoms with Crippen molar-refractivity contribution in [2.75, 3.05) is 10.8 Å². The molecule has 0 saturated carbocycles. The molecular formula is C21H17F3N4O3S. The number of hydrogen-bond acceptors (Lipinski definition) is 5. The van der Waals surface area contributed by atoms with Gasteiger partial charge < -0.3 is 0 Å². The molecule has 7 nitrogen and oxygen atoms in total. The number of rotatable bonds is 7. The van der Waals surface area contributed by atoms with E-state index in [1.54, 1.807) is 18.2 Å². The van der Waals surface area contributed by atoms with Crippen molar-refractivity contribution in [2.45, 2.75) is 11.1 Å². The minimum atomic E-state index is -4.69. The molecule has 32 heavy (non-hydrogen) atoms. The number of amides is 1. The molecule has 3 aromatic rings. The Morgan fingerprint density at radius 3 is 2.38 bits per heavy atom. The van der Waals surface area contributed by atoms with Crippen LogP contribution in [0, 0.1) is 0 Å². The predicted octanol–water partition coefficient (Wildman–Crippen LogP) is 3.45. The fourth-order valence-electron chi connectivity index (χ4n) is 2.67. The lowest BCUT2D eigenvalue weighted by atomic mass is 10.2. The van der Waals surface area contributed by atoms with Crippen LogP contribution in [-0.4, -0.2) is 32.1 Å². The second-order valence-corrected chi connectivity index (χ2v) is 8.31. The summed E-state index contributed by atoms with van der Waals surface area (Å²) < 4.78 is 66.4. The van der Waals surface area contributed by atoms with Crippen molar-refractivity contribution in [1.82, 2.24) is 10.4 Å². The van der Waals surface area contributed by atoms with E-state index in [9.17, 15) is 26.4 Å². The first kappa shape index (κ1) is 22.9. The van der Waals surface area contributed by atoms with E-state index in [4.69, 9.17) is 0 Å². The Morgan fingerprint density at radius 1 is 1.03 bits per heavy atom. The van der Waals surface area contributed by atoms with Crippen molar-refractivity contribution in [3.05, 3.63) is 90.3 Å². The van der Waals surface area contributed by atoms with Gasteiger partial charge in [-0.3, -0.25) is 14.1 Å². The van der Waals surface area contributed by atoms with Crippen LogP contribution in [0.1, 0.15) is 11.1 Å². The Morgan fingerprint density at radius 2 is 1.72 bits per heavy atom. The minimum Gasteiger partial charge on any atom is -0.271 e. The van der Waals surface area contributed by atoms with Gasteiger partial charge in [0.15, 0.2) is 0 Å². The van der Waals surface area contributed by atoms with Crippen LogP contribution in [0.3, 0.4) is 0 Å². The maximum atomic E-state index is 13.2. The molecule has 0 aliphatic carbocycles. The summed E-state index contributed by atoms with van der Waals surface area (Å²) in [5.74, 6) is -0.841. The molecule has 11 heteroatoms. The average molecular weight is 462 g/mol. The predicted molar refractivity (Wildman–Crippen MR) is 112 cm³/mol. The molecule has 0 saturated heterocycles. The van der Waals surface area contributed by atoms with Crippen LogP contribution in [0.2, 0.25) is 0 Å². The highest BCUT2D eigenvalue weighted by Crippen LogP contribution is 2.33. The Kier molecular flexibility index (Phi) is 6.89. The normalized spacial score (nSPS) is 12.0. The van der Waals surface area contributed by atoms with Crippen molar-refractivity contribution in [1.29, 1.82) is 0 Å². The van der Waals surface area contributed by atoms with E-state index in [0.29, 0.717) is 15.9 Å². The number of carbonyl (C=O) groups is 1. The van der Waals surface area contributed by atoms with Gasteiger partial charge in [0.1, 0.15) is 6.54 Å². The second-order valence-electron chi connectivity index (χ2n) is 6.45. The average Bonchev–Trinajstić information content (AvgIpc) is 2.78. The molecule has 0 fully saturated rings. The van der Waals surface area contributed by atoms with Gasteiger partial charge in [-0.1, -0.05) is 24.3 Å². The van der Waals surface area contributed by atoms with E-state index in [2.05, 4.69) is 15.5 Å². The zero-order valence-corrected chi connectivity index (χ0v) is 17.2. The number of hydrazone groups is 1. The van der Waals surface area contributed by atoms with Gasteiger partial charge in [0, 0.05) is 12.4 Å². The third-order valence-electron chi connectivity index (χ3n) is 4.19. The number of hydrogen-bond donors (Lipinski definition) is 1. The topological polar surface area (TPSA) is 91.7 Å². The molecule has 0 spiro atoms. The molecule has 1 heterocycles. The third kappa shape index (κ3) is 5.70. The van der Waals surface area contributed by atoms with Crippen LogP contribution >= 0.6 is 0 Å². The summed E-state index contributed by atoms with van der Waals surface area (Å²) in [5.41, 5.74) is 1.46. The number of carbonyl (C=O) groups excluding carboxylic acids is 1. The van der Waals surface area contributed by atoms with Gasteiger partial charge in [0.25, 0.3) is 15.9 Å². The van der Waals surface area contributed by atoms with Crippen molar-refractivity contribution >= 4 is 27.8 Å². The van der Waals surface area contributed by atoms with E-state index < -0.39 is 34.2 Å². The first-order chi connectivity index (χ1) is 15.2. The first-order valence-electron chi connectivity index (χ1n) is 9.15. The largest absolute Gasteiger partial charge is 0.416 e. The van der Waals surface area contributed by atoms with Gasteiger partial charge in [0.2, 0.25) is 0 Å². The van der Waals surface area contributed by atoms with Crippen LogP contribution in [0.25, 0.3) is 0 Å². The SMILES string of the molecule is O=C(CN(c1cccc(C(F)(F)F)c1)S(=O)(=O)c1ccccc1)N/N=C\c1ccncc1. The Bertz CT molecular complexity index is 1200. The standard InChI is InChI=1S/C21H17F3N4O3S/c22-21(23,24)17-5-4-6-18(13-17)28(32(30,31)19-7-2-1-3-8-19)15-20(29)27-26-14-16-9-11-25-12-10-16/h1-14H,15H2,(H,27,29)/b26-14-. The molecule has 0 radical (unpaired) electrons. The number of halogens is 3. The Labute approximate surface area is 182 Å². The van der Waals surface area contributed by atoms with E-state index in [1.165, 1.54) is 48.9 Å². The summed E-state index contributed by atoms with van der Waals surface area (Å²) >= 11 is 0. The van der Waals surface area contributed by atoms with Crippen molar-refractivity contribution < 1.29 is 26.4 Å². The Hall–Kier alpha value is -3.73. The molecule has 3 rings (SSSR count). The van der Waals surface area contributed by atoms with Gasteiger partial charge in [-0.2, -0.15) is 18.3 Å². The zero-order valence-electron chi connectivity index (χ0n) is 16.4. The highest BCUT2D eigenvalue weighted by molar-refractivity contribution is 7.92. The van der Waals surface area contributed by atoms with Crippen molar-refractivity contribution in [2.24, 2.45) is 5.10 Å². The van der Waals surface area contributed by atoms with Gasteiger partial charge in [-0.05, 0) is 48.0 Å². The molecule has 0 aliphatic rings. The van der Waals surface area contributed by atoms with Crippen LogP contribution in [0.4, 0.5) is 18.9 Å². The quantitative estimate of drug-likeness (QED) is 0.430. The molecule has 1 N–H and O–H groups in total. The van der Waals surface area contributed by atoms with Gasteiger partial charge in [-0.15, -0.1) is 0 Å². The van der Waals surface area contributed by atoms with Crippen LogP contribution in [-0.2, 0) is 21.0 Å². The summed E-state index contributed by atoms with van der Waals surface area (Å²) in [6.07, 6.45) is -0.328. The number of pyridine rings is 1. The second kappa shape index (κ2) is 9.60. The van der Waals surface area contributed by atoms with Crippen LogP contribution in [0.5, 0.6) is 0 Å². The molecule has 0 bridgehead atoms. The fourth-order valence-corrected chi connectivity index (χ4v) is 4.10. The number of nitrogens with one attached hydrogen (secondary N) is 1. The van der Waals surface area contributed by atoms with Crippen LogP contribution < -0.4 is 9.73 Å². The fraction of sp³-hybridized carbons (Fsp3) is 0.0952. The number of anilines is 1. The van der Waals surface area contributed by atoms with Crippen molar-refractivity contribution in [3.63, 3.8) is 0 Å². The highest BCUT2D eigenvalue weighted by atomic mass is 32.2. The molecule has 1 aromatic heterocycles. The molecule has 1 amide bonds. The monoisotopic (exact) mass is 462 g/mol. The number of benzene rings is 2. The van der Waals surface area contributed by atoms with E-state index in [-0.39, 0.29) is 10.6 Å². The first-order valence-corrected chi connectivity index (χ1v) is 10.6. The maximum Gasteiger partial charge on any atom is 0.416 e. The van der Waals surface area contributed by atoms with Gasteiger partial charge in [0.05, 0.1) is 22.4 Å². The minimum absolute atomic E-state index is 0.175. The van der Waals surface area contributed by atoms with E-state index in [0.717, 1.165) is 12.1 Å². The van der Waals surface area contributed by atoms with Crippen molar-refractivity contribution in [3.8, 4) is 0 Å². The maximum absolute atomic E-state index is 13.2. The van der Waals surface area contributed by atoms with Gasteiger partial charge in [-0.25, -0.2) is 13.8 Å². The molecule has 166 valence electrons. The van der Waals surface area contributed by atoms with Gasteiger partial charge >= 0.3 is 6.18 Å². The molecule has 0 unspecified atom stereocenters. The lowest BCUT2D eigenvalue weighted by Crippen LogP contribution is -2.39. The molecule has 0 atom stereocenters. The summed E-state index contributed by atoms with van der Waals surface area (Å²) in [4.78, 5) is 16.1. The van der Waals surface area contributed by atoms with E-state index in [1.807, 2.05) is 0 Å². The number of sulfonamides is 1. The molecule has 2 aromatic carbocycles. The lowest BCUT2D eigenvalue weighted by molar-refractivity contribution is -0.137. The van der Waals surface area contributed by atoms with Crippen LogP contribution in [0.15, 0.2) is 89.1 Å². The number of alkyl halides is 3. The molecular weight excluding hydrogens is 445 g/mol. The zero-order chi connectivity index (χ0) is 23.2. The Balaban J connectivity index is 1.91. The molecule has 0 aliphatic heterocycles. The lowest BCUT2D eigenvalue weighted by Gasteiger charge is -2.24. The third-order valence-corrected chi connectivity index (χ3v) is 5.98.